The molecule has 1 aromatic heterocycles. The van der Waals surface area contributed by atoms with Crippen LogP contribution < -0.4 is 20.9 Å². The van der Waals surface area contributed by atoms with E-state index in [1.54, 1.807) is 11.3 Å². The topological polar surface area (TPSA) is 70.5 Å². The lowest BCUT2D eigenvalue weighted by Gasteiger charge is -2.05. The fourth-order valence-corrected chi connectivity index (χ4v) is 3.34. The summed E-state index contributed by atoms with van der Waals surface area (Å²) >= 11 is 1.77. The monoisotopic (exact) mass is 302 g/mol. The van der Waals surface area contributed by atoms with E-state index in [0.717, 1.165) is 11.5 Å². The normalized spacial score (nSPS) is 11.1. The van der Waals surface area contributed by atoms with Gasteiger partial charge in [0, 0.05) is 33.3 Å². The third kappa shape index (κ3) is 2.95. The van der Waals surface area contributed by atoms with Gasteiger partial charge in [-0.15, -0.1) is 11.3 Å². The maximum absolute atomic E-state index is 5.61. The SMILES string of the molecule is NCCOc1ccc2sc3ccc(OCCN)cc3c2c1. The Labute approximate surface area is 127 Å². The molecule has 0 aliphatic carbocycles. The van der Waals surface area contributed by atoms with Crippen molar-refractivity contribution in [2.24, 2.45) is 11.5 Å². The molecule has 0 saturated carbocycles. The second-order valence-corrected chi connectivity index (χ2v) is 5.78. The van der Waals surface area contributed by atoms with Crippen molar-refractivity contribution in [3.05, 3.63) is 36.4 Å². The van der Waals surface area contributed by atoms with Crippen LogP contribution in [0, 0.1) is 0 Å². The molecule has 4 nitrogen and oxygen atoms in total. The first-order valence-electron chi connectivity index (χ1n) is 6.94. The van der Waals surface area contributed by atoms with Gasteiger partial charge in [-0.2, -0.15) is 0 Å². The highest BCUT2D eigenvalue weighted by Gasteiger charge is 2.08. The highest BCUT2D eigenvalue weighted by Crippen LogP contribution is 2.37. The van der Waals surface area contributed by atoms with Crippen LogP contribution in [0.25, 0.3) is 20.2 Å². The molecule has 0 amide bonds. The molecule has 0 aliphatic heterocycles. The third-order valence-corrected chi connectivity index (χ3v) is 4.34. The van der Waals surface area contributed by atoms with Crippen molar-refractivity contribution >= 4 is 31.5 Å². The van der Waals surface area contributed by atoms with Crippen LogP contribution in [0.4, 0.5) is 0 Å². The Balaban J connectivity index is 2.03. The molecule has 0 atom stereocenters. The summed E-state index contributed by atoms with van der Waals surface area (Å²) in [5.74, 6) is 1.70. The molecular weight excluding hydrogens is 284 g/mol. The van der Waals surface area contributed by atoms with Crippen LogP contribution in [0.15, 0.2) is 36.4 Å². The molecule has 0 bridgehead atoms. The Bertz CT molecular complexity index is 692. The van der Waals surface area contributed by atoms with E-state index in [1.807, 2.05) is 12.1 Å². The summed E-state index contributed by atoms with van der Waals surface area (Å²) in [5.41, 5.74) is 11.0. The minimum atomic E-state index is 0.513. The third-order valence-electron chi connectivity index (χ3n) is 3.19. The Kier molecular flexibility index (Phi) is 4.24. The van der Waals surface area contributed by atoms with Gasteiger partial charge in [0.15, 0.2) is 0 Å². The molecule has 3 aromatic rings. The Morgan fingerprint density at radius 3 is 1.67 bits per heavy atom. The van der Waals surface area contributed by atoms with Gasteiger partial charge in [-0.05, 0) is 36.4 Å². The van der Waals surface area contributed by atoms with Gasteiger partial charge in [-0.25, -0.2) is 0 Å². The lowest BCUT2D eigenvalue weighted by atomic mass is 10.1. The molecular formula is C16H18N2O2S. The van der Waals surface area contributed by atoms with E-state index in [9.17, 15) is 0 Å². The summed E-state index contributed by atoms with van der Waals surface area (Å²) in [5, 5.41) is 2.37. The van der Waals surface area contributed by atoms with Crippen molar-refractivity contribution in [3.8, 4) is 11.5 Å². The standard InChI is InChI=1S/C16H18N2O2S/c17-5-7-19-11-1-3-15-13(9-11)14-10-12(20-8-6-18)2-4-16(14)21-15/h1-4,9-10H,5-8,17-18H2. The molecule has 0 saturated heterocycles. The largest absolute Gasteiger partial charge is 0.492 e. The van der Waals surface area contributed by atoms with E-state index >= 15 is 0 Å². The average Bonchev–Trinajstić information content (AvgIpc) is 2.88. The zero-order valence-electron chi connectivity index (χ0n) is 11.7. The molecule has 0 fully saturated rings. The van der Waals surface area contributed by atoms with Gasteiger partial charge < -0.3 is 20.9 Å². The van der Waals surface area contributed by atoms with Crippen molar-refractivity contribution < 1.29 is 9.47 Å². The van der Waals surface area contributed by atoms with Crippen molar-refractivity contribution in [3.63, 3.8) is 0 Å². The average molecular weight is 302 g/mol. The zero-order valence-corrected chi connectivity index (χ0v) is 12.5. The van der Waals surface area contributed by atoms with Gasteiger partial charge in [0.05, 0.1) is 0 Å². The molecule has 21 heavy (non-hydrogen) atoms. The summed E-state index contributed by atoms with van der Waals surface area (Å²) in [4.78, 5) is 0. The summed E-state index contributed by atoms with van der Waals surface area (Å²) < 4.78 is 13.7. The van der Waals surface area contributed by atoms with Crippen LogP contribution in [0.3, 0.4) is 0 Å². The molecule has 3 rings (SSSR count). The zero-order chi connectivity index (χ0) is 14.7. The lowest BCUT2D eigenvalue weighted by Crippen LogP contribution is -2.10. The van der Waals surface area contributed by atoms with E-state index in [1.165, 1.54) is 20.2 Å². The predicted molar refractivity (Wildman–Crippen MR) is 88.4 cm³/mol. The van der Waals surface area contributed by atoms with Gasteiger partial charge >= 0.3 is 0 Å². The minimum Gasteiger partial charge on any atom is -0.492 e. The fraction of sp³-hybridized carbons (Fsp3) is 0.250. The molecule has 5 heteroatoms. The lowest BCUT2D eigenvalue weighted by molar-refractivity contribution is 0.328. The molecule has 1 heterocycles. The Hall–Kier alpha value is -1.82. The molecule has 0 unspecified atom stereocenters. The Morgan fingerprint density at radius 2 is 1.24 bits per heavy atom. The summed E-state index contributed by atoms with van der Waals surface area (Å²) in [6.45, 7) is 2.08. The molecule has 110 valence electrons. The van der Waals surface area contributed by atoms with Crippen LogP contribution >= 0.6 is 11.3 Å². The molecule has 0 aliphatic rings. The highest BCUT2D eigenvalue weighted by molar-refractivity contribution is 7.25. The highest BCUT2D eigenvalue weighted by atomic mass is 32.1. The van der Waals surface area contributed by atoms with E-state index in [-0.39, 0.29) is 0 Å². The van der Waals surface area contributed by atoms with Gasteiger partial charge in [0.25, 0.3) is 0 Å². The first-order chi connectivity index (χ1) is 10.3. The van der Waals surface area contributed by atoms with Crippen LogP contribution in [0.5, 0.6) is 11.5 Å². The van der Waals surface area contributed by atoms with E-state index in [2.05, 4.69) is 24.3 Å². The second-order valence-electron chi connectivity index (χ2n) is 4.69. The van der Waals surface area contributed by atoms with Crippen molar-refractivity contribution in [1.82, 2.24) is 0 Å². The number of ether oxygens (including phenoxy) is 2. The Morgan fingerprint density at radius 1 is 0.762 bits per heavy atom. The maximum atomic E-state index is 5.61. The number of fused-ring (bicyclic) bond motifs is 3. The number of nitrogens with two attached hydrogens (primary N) is 2. The first kappa shape index (κ1) is 14.1. The smallest absolute Gasteiger partial charge is 0.120 e. The van der Waals surface area contributed by atoms with E-state index < -0.39 is 0 Å². The predicted octanol–water partition coefficient (Wildman–Crippen LogP) is 2.73. The maximum Gasteiger partial charge on any atom is 0.120 e. The quantitative estimate of drug-likeness (QED) is 0.734. The van der Waals surface area contributed by atoms with E-state index in [4.69, 9.17) is 20.9 Å². The number of hydrogen-bond acceptors (Lipinski definition) is 5. The van der Waals surface area contributed by atoms with Crippen molar-refractivity contribution in [1.29, 1.82) is 0 Å². The van der Waals surface area contributed by atoms with Crippen LogP contribution in [0.1, 0.15) is 0 Å². The second kappa shape index (κ2) is 6.30. The van der Waals surface area contributed by atoms with Crippen LogP contribution in [-0.2, 0) is 0 Å². The number of hydrogen-bond donors (Lipinski definition) is 2. The minimum absolute atomic E-state index is 0.513. The summed E-state index contributed by atoms with van der Waals surface area (Å²) in [6.07, 6.45) is 0. The summed E-state index contributed by atoms with van der Waals surface area (Å²) in [7, 11) is 0. The molecule has 0 radical (unpaired) electrons. The number of rotatable bonds is 6. The first-order valence-corrected chi connectivity index (χ1v) is 7.75. The van der Waals surface area contributed by atoms with E-state index in [0.29, 0.717) is 26.3 Å². The molecule has 2 aromatic carbocycles. The van der Waals surface area contributed by atoms with Crippen molar-refractivity contribution in [2.45, 2.75) is 0 Å². The number of thiophene rings is 1. The van der Waals surface area contributed by atoms with Gasteiger partial charge in [0.1, 0.15) is 24.7 Å². The van der Waals surface area contributed by atoms with Gasteiger partial charge in [-0.1, -0.05) is 0 Å². The summed E-state index contributed by atoms with van der Waals surface area (Å²) in [6, 6.07) is 12.3. The van der Waals surface area contributed by atoms with Crippen LogP contribution in [-0.4, -0.2) is 26.3 Å². The van der Waals surface area contributed by atoms with Gasteiger partial charge in [-0.3, -0.25) is 0 Å². The number of benzene rings is 2. The molecule has 4 N–H and O–H groups in total. The fourth-order valence-electron chi connectivity index (χ4n) is 2.27. The molecule has 0 spiro atoms. The van der Waals surface area contributed by atoms with Crippen LogP contribution in [0.2, 0.25) is 0 Å². The van der Waals surface area contributed by atoms with Crippen molar-refractivity contribution in [2.75, 3.05) is 26.3 Å². The van der Waals surface area contributed by atoms with Gasteiger partial charge in [0.2, 0.25) is 0 Å².